The van der Waals surface area contributed by atoms with E-state index in [4.69, 9.17) is 32.0 Å². The molecule has 0 spiro atoms. The molecule has 2 aliphatic rings. The zero-order chi connectivity index (χ0) is 24.6. The number of aromatic nitrogens is 5. The summed E-state index contributed by atoms with van der Waals surface area (Å²) in [5.74, 6) is 0.894. The molecule has 188 valence electrons. The predicted octanol–water partition coefficient (Wildman–Crippen LogP) is 0.726. The van der Waals surface area contributed by atoms with E-state index in [2.05, 4.69) is 19.8 Å². The molecule has 0 radical (unpaired) electrons. The van der Waals surface area contributed by atoms with Gasteiger partial charge in [-0.3, -0.25) is 9.30 Å². The minimum Gasteiger partial charge on any atom is -0.378 e. The minimum absolute atomic E-state index is 0.177. The van der Waals surface area contributed by atoms with Gasteiger partial charge < -0.3 is 15.4 Å². The van der Waals surface area contributed by atoms with Crippen LogP contribution in [-0.2, 0) is 21.3 Å². The molecular formula is C21H28ClN9O3S. The average molecular weight is 522 g/mol. The number of hydrogen-bond acceptors (Lipinski definition) is 10. The zero-order valence-corrected chi connectivity index (χ0v) is 21.0. The molecule has 0 atom stereocenters. The molecule has 2 N–H and O–H groups in total. The molecule has 0 aromatic carbocycles. The van der Waals surface area contributed by atoms with Crippen molar-refractivity contribution < 1.29 is 13.2 Å². The number of imidazole rings is 1. The highest BCUT2D eigenvalue weighted by atomic mass is 35.5. The third-order valence-corrected chi connectivity index (χ3v) is 7.90. The fourth-order valence-corrected chi connectivity index (χ4v) is 5.58. The van der Waals surface area contributed by atoms with Crippen molar-refractivity contribution in [1.82, 2.24) is 33.5 Å². The van der Waals surface area contributed by atoms with Gasteiger partial charge in [-0.2, -0.15) is 0 Å². The van der Waals surface area contributed by atoms with Crippen LogP contribution in [0.25, 0.3) is 16.9 Å². The number of ether oxygens (including phenoxy) is 1. The van der Waals surface area contributed by atoms with E-state index < -0.39 is 10.0 Å². The van der Waals surface area contributed by atoms with Crippen LogP contribution in [0.15, 0.2) is 18.6 Å². The number of anilines is 2. The molecule has 5 rings (SSSR count). The second kappa shape index (κ2) is 9.82. The maximum Gasteiger partial charge on any atom is 0.219 e. The van der Waals surface area contributed by atoms with Crippen LogP contribution in [0.3, 0.4) is 0 Å². The molecule has 12 nitrogen and oxygen atoms in total. The van der Waals surface area contributed by atoms with E-state index in [1.165, 1.54) is 10.6 Å². The normalized spacial score (nSPS) is 18.7. The van der Waals surface area contributed by atoms with Gasteiger partial charge in [-0.05, 0) is 13.0 Å². The summed E-state index contributed by atoms with van der Waals surface area (Å²) >= 11 is 6.82. The third kappa shape index (κ3) is 5.19. The van der Waals surface area contributed by atoms with E-state index in [1.54, 1.807) is 12.4 Å². The third-order valence-electron chi connectivity index (χ3n) is 6.24. The van der Waals surface area contributed by atoms with Crippen molar-refractivity contribution in [3.63, 3.8) is 0 Å². The van der Waals surface area contributed by atoms with Crippen molar-refractivity contribution in [2.45, 2.75) is 13.0 Å². The van der Waals surface area contributed by atoms with Crippen LogP contribution in [0, 0.1) is 0 Å². The largest absolute Gasteiger partial charge is 0.378 e. The number of hydrogen-bond donors (Lipinski definition) is 1. The van der Waals surface area contributed by atoms with Gasteiger partial charge in [-0.1, -0.05) is 11.6 Å². The fraction of sp³-hybridized carbons (Fsp3) is 0.524. The van der Waals surface area contributed by atoms with Gasteiger partial charge in [0.05, 0.1) is 25.2 Å². The molecule has 0 amide bonds. The van der Waals surface area contributed by atoms with Gasteiger partial charge in [0.25, 0.3) is 0 Å². The molecule has 0 saturated carbocycles. The van der Waals surface area contributed by atoms with Crippen molar-refractivity contribution in [1.29, 1.82) is 0 Å². The van der Waals surface area contributed by atoms with Crippen molar-refractivity contribution in [2.24, 2.45) is 0 Å². The molecule has 3 aromatic rings. The van der Waals surface area contributed by atoms with Crippen LogP contribution in [-0.4, -0.2) is 101 Å². The number of rotatable bonds is 5. The smallest absolute Gasteiger partial charge is 0.219 e. The van der Waals surface area contributed by atoms with Crippen LogP contribution in [0.2, 0.25) is 5.15 Å². The van der Waals surface area contributed by atoms with Crippen LogP contribution in [0.1, 0.15) is 12.1 Å². The predicted molar refractivity (Wildman–Crippen MR) is 133 cm³/mol. The summed E-state index contributed by atoms with van der Waals surface area (Å²) in [6, 6.07) is 0. The Balaban J connectivity index is 1.50. The summed E-state index contributed by atoms with van der Waals surface area (Å²) in [4.78, 5) is 22.3. The van der Waals surface area contributed by atoms with E-state index in [0.29, 0.717) is 74.5 Å². The molecule has 14 heteroatoms. The molecule has 2 fully saturated rings. The molecule has 5 heterocycles. The van der Waals surface area contributed by atoms with Gasteiger partial charge >= 0.3 is 0 Å². The SMILES string of the molecule is CS(=O)(=O)N1CCCN(Cc2cn3c(Cl)c(-c4cnc(N)nc4)nc(N4CCOCC4)c3n2)CC1. The molecule has 0 unspecified atom stereocenters. The summed E-state index contributed by atoms with van der Waals surface area (Å²) in [5, 5.41) is 0.406. The van der Waals surface area contributed by atoms with Crippen LogP contribution in [0.4, 0.5) is 11.8 Å². The first-order chi connectivity index (χ1) is 16.8. The summed E-state index contributed by atoms with van der Waals surface area (Å²) in [6.45, 7) is 5.60. The lowest BCUT2D eigenvalue weighted by molar-refractivity contribution is 0.122. The lowest BCUT2D eigenvalue weighted by Gasteiger charge is -2.28. The first kappa shape index (κ1) is 24.1. The average Bonchev–Trinajstić information content (AvgIpc) is 3.10. The van der Waals surface area contributed by atoms with Gasteiger partial charge in [-0.15, -0.1) is 0 Å². The molecule has 3 aromatic heterocycles. The van der Waals surface area contributed by atoms with Crippen molar-refractivity contribution in [3.05, 3.63) is 29.4 Å². The van der Waals surface area contributed by atoms with Crippen LogP contribution >= 0.6 is 11.6 Å². The number of nitrogens with zero attached hydrogens (tertiary/aromatic N) is 8. The number of morpholine rings is 1. The Kier molecular flexibility index (Phi) is 6.77. The zero-order valence-electron chi connectivity index (χ0n) is 19.5. The Morgan fingerprint density at radius 1 is 1.06 bits per heavy atom. The highest BCUT2D eigenvalue weighted by Crippen LogP contribution is 2.32. The highest BCUT2D eigenvalue weighted by molar-refractivity contribution is 7.88. The molecule has 0 aliphatic carbocycles. The monoisotopic (exact) mass is 521 g/mol. The Labute approximate surface area is 208 Å². The quantitative estimate of drug-likeness (QED) is 0.511. The molecule has 35 heavy (non-hydrogen) atoms. The van der Waals surface area contributed by atoms with E-state index in [0.717, 1.165) is 24.5 Å². The van der Waals surface area contributed by atoms with Crippen molar-refractivity contribution in [2.75, 3.05) is 69.4 Å². The lowest BCUT2D eigenvalue weighted by atomic mass is 10.2. The molecule has 2 aliphatic heterocycles. The second-order valence-corrected chi connectivity index (χ2v) is 11.1. The Hall–Kier alpha value is -2.58. The summed E-state index contributed by atoms with van der Waals surface area (Å²) < 4.78 is 32.8. The number of halogens is 1. The van der Waals surface area contributed by atoms with E-state index in [-0.39, 0.29) is 5.95 Å². The lowest BCUT2D eigenvalue weighted by Crippen LogP contribution is -2.37. The minimum atomic E-state index is -3.20. The van der Waals surface area contributed by atoms with Gasteiger partial charge in [0.15, 0.2) is 11.5 Å². The first-order valence-electron chi connectivity index (χ1n) is 11.4. The Morgan fingerprint density at radius 2 is 1.80 bits per heavy atom. The Morgan fingerprint density at radius 3 is 2.51 bits per heavy atom. The molecule has 0 bridgehead atoms. The van der Waals surface area contributed by atoms with Crippen molar-refractivity contribution >= 4 is 39.0 Å². The highest BCUT2D eigenvalue weighted by Gasteiger charge is 2.25. The van der Waals surface area contributed by atoms with E-state index in [9.17, 15) is 8.42 Å². The van der Waals surface area contributed by atoms with Crippen molar-refractivity contribution in [3.8, 4) is 11.3 Å². The second-order valence-electron chi connectivity index (χ2n) is 8.72. The number of fused-ring (bicyclic) bond motifs is 1. The summed E-state index contributed by atoms with van der Waals surface area (Å²) in [7, 11) is -3.20. The maximum atomic E-state index is 12.0. The number of nitrogen functional groups attached to an aromatic ring is 1. The van der Waals surface area contributed by atoms with Crippen LogP contribution < -0.4 is 10.6 Å². The van der Waals surface area contributed by atoms with Gasteiger partial charge in [0.2, 0.25) is 16.0 Å². The molecular weight excluding hydrogens is 494 g/mol. The van der Waals surface area contributed by atoms with Gasteiger partial charge in [0.1, 0.15) is 10.8 Å². The fourth-order valence-electron chi connectivity index (χ4n) is 4.43. The number of sulfonamides is 1. The maximum absolute atomic E-state index is 12.0. The summed E-state index contributed by atoms with van der Waals surface area (Å²) in [6.07, 6.45) is 7.16. The van der Waals surface area contributed by atoms with E-state index in [1.807, 2.05) is 10.6 Å². The standard InChI is InChI=1S/C21H28ClN9O3S/c1-35(32,33)30-4-2-3-28(5-6-30)13-16-14-31-18(22)17(15-11-24-21(23)25-12-15)27-19(20(31)26-16)29-7-9-34-10-8-29/h11-12,14H,2-10,13H2,1H3,(H2,23,24,25). The number of nitrogens with two attached hydrogens (primary N) is 1. The summed E-state index contributed by atoms with van der Waals surface area (Å²) in [5.41, 5.74) is 8.36. The molecule has 2 saturated heterocycles. The van der Waals surface area contributed by atoms with Crippen LogP contribution in [0.5, 0.6) is 0 Å². The topological polar surface area (TPSA) is 135 Å². The first-order valence-corrected chi connectivity index (χ1v) is 13.7. The van der Waals surface area contributed by atoms with E-state index >= 15 is 0 Å². The Bertz CT molecular complexity index is 1310. The van der Waals surface area contributed by atoms with Gasteiger partial charge in [0, 0.05) is 63.4 Å². The van der Waals surface area contributed by atoms with Gasteiger partial charge in [-0.25, -0.2) is 32.7 Å².